The second-order valence-corrected chi connectivity index (χ2v) is 5.57. The Hall–Kier alpha value is -1.30. The van der Waals surface area contributed by atoms with Crippen LogP contribution in [0, 0.1) is 0 Å². The highest BCUT2D eigenvalue weighted by atomic mass is 15.1. The van der Waals surface area contributed by atoms with Gasteiger partial charge < -0.3 is 15.5 Å². The first-order chi connectivity index (χ1) is 10.1. The highest BCUT2D eigenvalue weighted by molar-refractivity contribution is 5.63. The Bertz CT molecular complexity index is 417. The van der Waals surface area contributed by atoms with Crippen molar-refractivity contribution in [3.63, 3.8) is 0 Å². The molecule has 0 saturated carbocycles. The van der Waals surface area contributed by atoms with E-state index in [1.54, 1.807) is 7.05 Å². The first-order valence-corrected chi connectivity index (χ1v) is 7.56. The molecule has 0 bridgehead atoms. The molecule has 0 fully saturated rings. The van der Waals surface area contributed by atoms with E-state index in [-0.39, 0.29) is 6.04 Å². The maximum absolute atomic E-state index is 4.41. The minimum absolute atomic E-state index is 0.288. The summed E-state index contributed by atoms with van der Waals surface area (Å²) in [7, 11) is 6.00. The van der Waals surface area contributed by atoms with Gasteiger partial charge in [0, 0.05) is 38.6 Å². The van der Waals surface area contributed by atoms with Crippen molar-refractivity contribution >= 4 is 6.21 Å². The summed E-state index contributed by atoms with van der Waals surface area (Å²) in [4.78, 5) is 10.6. The minimum atomic E-state index is 0.288. The SMILES string of the molecule is C/N=C/C(C)NCc1ccnc(CNCCCN(C)C)c1. The molecule has 1 aromatic heterocycles. The van der Waals surface area contributed by atoms with E-state index in [2.05, 4.69) is 58.7 Å². The summed E-state index contributed by atoms with van der Waals surface area (Å²) in [5, 5.41) is 6.85. The first-order valence-electron chi connectivity index (χ1n) is 7.56. The molecule has 1 aromatic rings. The molecule has 0 aliphatic rings. The highest BCUT2D eigenvalue weighted by Crippen LogP contribution is 2.02. The fourth-order valence-electron chi connectivity index (χ4n) is 2.03. The van der Waals surface area contributed by atoms with Crippen molar-refractivity contribution < 1.29 is 0 Å². The fraction of sp³-hybridized carbons (Fsp3) is 0.625. The standard InChI is InChI=1S/C16H29N5/c1-14(11-17-2)20-12-15-6-8-19-16(10-15)13-18-7-5-9-21(3)4/h6,8,10-11,14,18,20H,5,7,9,12-13H2,1-4H3/b17-11+. The normalized spacial score (nSPS) is 13.2. The molecule has 21 heavy (non-hydrogen) atoms. The van der Waals surface area contributed by atoms with Crippen LogP contribution in [-0.2, 0) is 13.1 Å². The van der Waals surface area contributed by atoms with E-state index in [0.717, 1.165) is 38.3 Å². The number of pyridine rings is 1. The van der Waals surface area contributed by atoms with Crippen LogP contribution >= 0.6 is 0 Å². The number of aromatic nitrogens is 1. The zero-order valence-corrected chi connectivity index (χ0v) is 13.8. The lowest BCUT2D eigenvalue weighted by atomic mass is 10.2. The summed E-state index contributed by atoms with van der Waals surface area (Å²) in [6.45, 7) is 5.89. The summed E-state index contributed by atoms with van der Waals surface area (Å²) in [6.07, 6.45) is 4.95. The van der Waals surface area contributed by atoms with Gasteiger partial charge in [-0.15, -0.1) is 0 Å². The van der Waals surface area contributed by atoms with Crippen LogP contribution in [0.2, 0.25) is 0 Å². The van der Waals surface area contributed by atoms with Crippen LogP contribution in [0.4, 0.5) is 0 Å². The Balaban J connectivity index is 2.31. The van der Waals surface area contributed by atoms with Crippen LogP contribution < -0.4 is 10.6 Å². The Labute approximate surface area is 128 Å². The Morgan fingerprint density at radius 3 is 2.90 bits per heavy atom. The average molecular weight is 291 g/mol. The van der Waals surface area contributed by atoms with Gasteiger partial charge in [0.15, 0.2) is 0 Å². The smallest absolute Gasteiger partial charge is 0.0544 e. The van der Waals surface area contributed by atoms with Gasteiger partial charge in [-0.1, -0.05) is 0 Å². The zero-order chi connectivity index (χ0) is 15.5. The molecule has 0 spiro atoms. The van der Waals surface area contributed by atoms with Gasteiger partial charge in [-0.3, -0.25) is 9.98 Å². The molecule has 1 heterocycles. The molecule has 0 aromatic carbocycles. The Morgan fingerprint density at radius 1 is 1.38 bits per heavy atom. The molecular weight excluding hydrogens is 262 g/mol. The molecule has 118 valence electrons. The topological polar surface area (TPSA) is 52.6 Å². The quantitative estimate of drug-likeness (QED) is 0.504. The molecule has 1 unspecified atom stereocenters. The number of hydrogen-bond acceptors (Lipinski definition) is 5. The van der Waals surface area contributed by atoms with E-state index in [9.17, 15) is 0 Å². The molecule has 0 radical (unpaired) electrons. The number of aliphatic imine (C=N–C) groups is 1. The second kappa shape index (κ2) is 10.4. The van der Waals surface area contributed by atoms with E-state index < -0.39 is 0 Å². The number of rotatable bonds is 10. The monoisotopic (exact) mass is 291 g/mol. The average Bonchev–Trinajstić information content (AvgIpc) is 2.45. The summed E-state index contributed by atoms with van der Waals surface area (Å²) in [5.74, 6) is 0. The van der Waals surface area contributed by atoms with Crippen LogP contribution in [-0.4, -0.2) is 56.4 Å². The number of hydrogen-bond donors (Lipinski definition) is 2. The van der Waals surface area contributed by atoms with Crippen molar-refractivity contribution in [3.05, 3.63) is 29.6 Å². The molecule has 0 saturated heterocycles. The molecule has 2 N–H and O–H groups in total. The van der Waals surface area contributed by atoms with Crippen LogP contribution in [0.1, 0.15) is 24.6 Å². The summed E-state index contributed by atoms with van der Waals surface area (Å²) in [5.41, 5.74) is 2.35. The second-order valence-electron chi connectivity index (χ2n) is 5.57. The lowest BCUT2D eigenvalue weighted by Crippen LogP contribution is -2.26. The fourth-order valence-corrected chi connectivity index (χ4v) is 2.03. The van der Waals surface area contributed by atoms with Crippen LogP contribution in [0.5, 0.6) is 0 Å². The van der Waals surface area contributed by atoms with Crippen LogP contribution in [0.3, 0.4) is 0 Å². The highest BCUT2D eigenvalue weighted by Gasteiger charge is 2.00. The van der Waals surface area contributed by atoms with E-state index in [4.69, 9.17) is 0 Å². The maximum Gasteiger partial charge on any atom is 0.0544 e. The van der Waals surface area contributed by atoms with Gasteiger partial charge in [-0.05, 0) is 58.2 Å². The molecular formula is C16H29N5. The minimum Gasteiger partial charge on any atom is -0.311 e. The van der Waals surface area contributed by atoms with Gasteiger partial charge in [0.05, 0.1) is 5.69 Å². The number of nitrogens with one attached hydrogen (secondary N) is 2. The first kappa shape index (κ1) is 17.8. The molecule has 5 heteroatoms. The molecule has 0 amide bonds. The molecule has 5 nitrogen and oxygen atoms in total. The van der Waals surface area contributed by atoms with Gasteiger partial charge in [-0.25, -0.2) is 0 Å². The largest absolute Gasteiger partial charge is 0.311 e. The molecule has 0 aliphatic heterocycles. The predicted molar refractivity (Wildman–Crippen MR) is 89.8 cm³/mol. The van der Waals surface area contributed by atoms with E-state index in [0.29, 0.717) is 0 Å². The third kappa shape index (κ3) is 8.55. The van der Waals surface area contributed by atoms with Crippen molar-refractivity contribution in [3.8, 4) is 0 Å². The van der Waals surface area contributed by atoms with Gasteiger partial charge in [-0.2, -0.15) is 0 Å². The van der Waals surface area contributed by atoms with E-state index in [1.165, 1.54) is 5.56 Å². The molecule has 1 atom stereocenters. The van der Waals surface area contributed by atoms with Crippen molar-refractivity contribution in [2.45, 2.75) is 32.5 Å². The molecule has 0 aliphatic carbocycles. The van der Waals surface area contributed by atoms with Crippen molar-refractivity contribution in [2.75, 3.05) is 34.2 Å². The molecule has 1 rings (SSSR count). The Morgan fingerprint density at radius 2 is 2.19 bits per heavy atom. The lowest BCUT2D eigenvalue weighted by Gasteiger charge is -2.11. The van der Waals surface area contributed by atoms with Gasteiger partial charge in [0.1, 0.15) is 0 Å². The van der Waals surface area contributed by atoms with Gasteiger partial charge in [0.25, 0.3) is 0 Å². The number of nitrogens with zero attached hydrogens (tertiary/aromatic N) is 3. The zero-order valence-electron chi connectivity index (χ0n) is 13.8. The van der Waals surface area contributed by atoms with E-state index in [1.807, 2.05) is 12.4 Å². The maximum atomic E-state index is 4.41. The third-order valence-electron chi connectivity index (χ3n) is 3.15. The van der Waals surface area contributed by atoms with Gasteiger partial charge in [0.2, 0.25) is 0 Å². The van der Waals surface area contributed by atoms with Gasteiger partial charge >= 0.3 is 0 Å². The van der Waals surface area contributed by atoms with Crippen molar-refractivity contribution in [1.29, 1.82) is 0 Å². The lowest BCUT2D eigenvalue weighted by molar-refractivity contribution is 0.394. The summed E-state index contributed by atoms with van der Waals surface area (Å²) >= 11 is 0. The third-order valence-corrected chi connectivity index (χ3v) is 3.15. The summed E-state index contributed by atoms with van der Waals surface area (Å²) < 4.78 is 0. The predicted octanol–water partition coefficient (Wildman–Crippen LogP) is 1.30. The van der Waals surface area contributed by atoms with Crippen molar-refractivity contribution in [2.24, 2.45) is 4.99 Å². The Kier molecular flexibility index (Phi) is 8.82. The van der Waals surface area contributed by atoms with E-state index >= 15 is 0 Å². The van der Waals surface area contributed by atoms with Crippen LogP contribution in [0.25, 0.3) is 0 Å². The van der Waals surface area contributed by atoms with Crippen LogP contribution in [0.15, 0.2) is 23.3 Å². The summed E-state index contributed by atoms with van der Waals surface area (Å²) in [6, 6.07) is 4.50. The van der Waals surface area contributed by atoms with Crippen molar-refractivity contribution in [1.82, 2.24) is 20.5 Å².